The second-order valence-corrected chi connectivity index (χ2v) is 6.64. The van der Waals surface area contributed by atoms with Crippen LogP contribution >= 0.6 is 0 Å². The van der Waals surface area contributed by atoms with Crippen molar-refractivity contribution in [3.8, 4) is 0 Å². The number of ether oxygens (including phenoxy) is 1. The van der Waals surface area contributed by atoms with Gasteiger partial charge < -0.3 is 10.1 Å². The molecular formula is C18H23F4NO2. The molecule has 1 fully saturated rings. The fourth-order valence-electron chi connectivity index (χ4n) is 2.94. The highest BCUT2D eigenvalue weighted by Gasteiger charge is 2.33. The molecule has 1 aliphatic heterocycles. The number of alkyl halides is 3. The summed E-state index contributed by atoms with van der Waals surface area (Å²) >= 11 is 0. The van der Waals surface area contributed by atoms with E-state index in [2.05, 4.69) is 5.32 Å². The average Bonchev–Trinajstić information content (AvgIpc) is 2.55. The monoisotopic (exact) mass is 361 g/mol. The molecule has 2 rings (SSSR count). The maximum absolute atomic E-state index is 14.3. The van der Waals surface area contributed by atoms with Crippen molar-refractivity contribution in [2.75, 3.05) is 19.8 Å². The molecule has 0 saturated carbocycles. The zero-order chi connectivity index (χ0) is 18.6. The van der Waals surface area contributed by atoms with Crippen molar-refractivity contribution in [3.63, 3.8) is 0 Å². The first-order valence-corrected chi connectivity index (χ1v) is 8.41. The summed E-state index contributed by atoms with van der Waals surface area (Å²) in [6.45, 7) is 4.84. The summed E-state index contributed by atoms with van der Waals surface area (Å²) in [5.74, 6) is -2.35. The van der Waals surface area contributed by atoms with Crippen molar-refractivity contribution in [2.45, 2.75) is 44.8 Å². The fourth-order valence-corrected chi connectivity index (χ4v) is 2.94. The molecule has 1 aliphatic rings. The van der Waals surface area contributed by atoms with Crippen LogP contribution in [0.25, 0.3) is 0 Å². The third kappa shape index (κ3) is 5.25. The van der Waals surface area contributed by atoms with Crippen LogP contribution in [0.3, 0.4) is 0 Å². The standard InChI is InChI=1S/C18H23F4NO2/c1-11(2)17(24)15(10-23-13-5-7-25-8-6-13)14-4-3-12(9-16(14)19)18(20,21)22/h3-4,9,11,13,15,23H,5-8,10H2,1-2H3/t15-/m1/s1. The van der Waals surface area contributed by atoms with Crippen LogP contribution in [0.5, 0.6) is 0 Å². The van der Waals surface area contributed by atoms with Crippen LogP contribution in [0.15, 0.2) is 18.2 Å². The molecule has 1 atom stereocenters. The molecular weight excluding hydrogens is 338 g/mol. The highest BCUT2D eigenvalue weighted by Crippen LogP contribution is 2.32. The van der Waals surface area contributed by atoms with Crippen molar-refractivity contribution in [3.05, 3.63) is 35.1 Å². The first-order chi connectivity index (χ1) is 11.7. The number of ketones is 1. The smallest absolute Gasteiger partial charge is 0.381 e. The third-order valence-corrected chi connectivity index (χ3v) is 4.45. The number of carbonyl (C=O) groups excluding carboxylic acids is 1. The Kier molecular flexibility index (Phi) is 6.57. The predicted molar refractivity (Wildman–Crippen MR) is 85.8 cm³/mol. The number of benzene rings is 1. The van der Waals surface area contributed by atoms with E-state index >= 15 is 0 Å². The topological polar surface area (TPSA) is 38.3 Å². The number of hydrogen-bond donors (Lipinski definition) is 1. The van der Waals surface area contributed by atoms with Gasteiger partial charge in [-0.25, -0.2) is 4.39 Å². The second-order valence-electron chi connectivity index (χ2n) is 6.64. The van der Waals surface area contributed by atoms with Crippen molar-refractivity contribution in [2.24, 2.45) is 5.92 Å². The third-order valence-electron chi connectivity index (χ3n) is 4.45. The highest BCUT2D eigenvalue weighted by atomic mass is 19.4. The Labute approximate surface area is 144 Å². The Bertz CT molecular complexity index is 595. The van der Waals surface area contributed by atoms with E-state index in [9.17, 15) is 22.4 Å². The van der Waals surface area contributed by atoms with Crippen LogP contribution in [0.1, 0.15) is 43.7 Å². The van der Waals surface area contributed by atoms with E-state index in [0.717, 1.165) is 25.0 Å². The van der Waals surface area contributed by atoms with Crippen LogP contribution in [0.4, 0.5) is 17.6 Å². The lowest BCUT2D eigenvalue weighted by atomic mass is 9.87. The first kappa shape index (κ1) is 19.8. The van der Waals surface area contributed by atoms with Gasteiger partial charge in [-0.15, -0.1) is 0 Å². The molecule has 1 N–H and O–H groups in total. The number of hydrogen-bond acceptors (Lipinski definition) is 3. The largest absolute Gasteiger partial charge is 0.416 e. The maximum atomic E-state index is 14.3. The van der Waals surface area contributed by atoms with Crippen molar-refractivity contribution in [1.82, 2.24) is 5.32 Å². The van der Waals surface area contributed by atoms with Crippen molar-refractivity contribution < 1.29 is 27.1 Å². The van der Waals surface area contributed by atoms with E-state index < -0.39 is 23.5 Å². The molecule has 3 nitrogen and oxygen atoms in total. The lowest BCUT2D eigenvalue weighted by Crippen LogP contribution is -2.39. The van der Waals surface area contributed by atoms with E-state index in [0.29, 0.717) is 19.3 Å². The van der Waals surface area contributed by atoms with Crippen molar-refractivity contribution in [1.29, 1.82) is 0 Å². The van der Waals surface area contributed by atoms with E-state index in [1.54, 1.807) is 13.8 Å². The summed E-state index contributed by atoms with van der Waals surface area (Å²) in [6.07, 6.45) is -3.03. The van der Waals surface area contributed by atoms with E-state index in [1.807, 2.05) is 0 Å². The average molecular weight is 361 g/mol. The molecule has 1 aromatic carbocycles. The summed E-state index contributed by atoms with van der Waals surface area (Å²) in [5.41, 5.74) is -1.05. The Morgan fingerprint density at radius 2 is 1.92 bits per heavy atom. The molecule has 25 heavy (non-hydrogen) atoms. The van der Waals surface area contributed by atoms with Gasteiger partial charge in [0.1, 0.15) is 11.6 Å². The maximum Gasteiger partial charge on any atom is 0.416 e. The summed E-state index contributed by atoms with van der Waals surface area (Å²) in [6, 6.07) is 2.53. The van der Waals surface area contributed by atoms with Gasteiger partial charge in [0.15, 0.2) is 0 Å². The molecule has 0 bridgehead atoms. The number of halogens is 4. The Morgan fingerprint density at radius 1 is 1.28 bits per heavy atom. The summed E-state index contributed by atoms with van der Waals surface area (Å²) in [7, 11) is 0. The van der Waals surface area contributed by atoms with Gasteiger partial charge in [0.2, 0.25) is 0 Å². The molecule has 1 saturated heterocycles. The van der Waals surface area contributed by atoms with Crippen LogP contribution in [-0.4, -0.2) is 31.6 Å². The SMILES string of the molecule is CC(C)C(=O)[C@H](CNC1CCOCC1)c1ccc(C(F)(F)F)cc1F. The van der Waals surface area contributed by atoms with Crippen molar-refractivity contribution >= 4 is 5.78 Å². The molecule has 0 spiro atoms. The molecule has 0 amide bonds. The van der Waals surface area contributed by atoms with E-state index in [4.69, 9.17) is 4.74 Å². The molecule has 0 radical (unpaired) electrons. The van der Waals surface area contributed by atoms with Crippen LogP contribution < -0.4 is 5.32 Å². The zero-order valence-corrected chi connectivity index (χ0v) is 14.3. The molecule has 0 aromatic heterocycles. The molecule has 0 aliphatic carbocycles. The van der Waals surface area contributed by atoms with Crippen LogP contribution in [-0.2, 0) is 15.7 Å². The van der Waals surface area contributed by atoms with Crippen LogP contribution in [0.2, 0.25) is 0 Å². The van der Waals surface area contributed by atoms with Gasteiger partial charge in [-0.2, -0.15) is 13.2 Å². The lowest BCUT2D eigenvalue weighted by molar-refractivity contribution is -0.137. The Morgan fingerprint density at radius 3 is 2.44 bits per heavy atom. The number of carbonyl (C=O) groups is 1. The Hall–Kier alpha value is -1.47. The fraction of sp³-hybridized carbons (Fsp3) is 0.611. The normalized spacial score (nSPS) is 17.7. The number of nitrogens with one attached hydrogen (secondary N) is 1. The summed E-state index contributed by atoms with van der Waals surface area (Å²) < 4.78 is 57.7. The first-order valence-electron chi connectivity index (χ1n) is 8.41. The minimum atomic E-state index is -4.61. The number of Topliss-reactive ketones (excluding diaryl/α,β-unsaturated/α-hetero) is 1. The number of rotatable bonds is 6. The molecule has 0 unspecified atom stereocenters. The van der Waals surface area contributed by atoms with E-state index in [-0.39, 0.29) is 29.9 Å². The van der Waals surface area contributed by atoms with Gasteiger partial charge in [0.25, 0.3) is 0 Å². The lowest BCUT2D eigenvalue weighted by Gasteiger charge is -2.27. The highest BCUT2D eigenvalue weighted by molar-refractivity contribution is 5.87. The molecule has 7 heteroatoms. The summed E-state index contributed by atoms with van der Waals surface area (Å²) in [4.78, 5) is 12.5. The summed E-state index contributed by atoms with van der Waals surface area (Å²) in [5, 5.41) is 3.24. The van der Waals surface area contributed by atoms with Gasteiger partial charge >= 0.3 is 6.18 Å². The minimum Gasteiger partial charge on any atom is -0.381 e. The van der Waals surface area contributed by atoms with Gasteiger partial charge in [0.05, 0.1) is 11.5 Å². The van der Waals surface area contributed by atoms with Gasteiger partial charge in [-0.3, -0.25) is 4.79 Å². The zero-order valence-electron chi connectivity index (χ0n) is 14.3. The van der Waals surface area contributed by atoms with Crippen LogP contribution in [0, 0.1) is 11.7 Å². The van der Waals surface area contributed by atoms with Gasteiger partial charge in [0, 0.05) is 31.7 Å². The molecule has 140 valence electrons. The van der Waals surface area contributed by atoms with E-state index in [1.165, 1.54) is 0 Å². The molecule has 1 heterocycles. The minimum absolute atomic E-state index is 0.00580. The predicted octanol–water partition coefficient (Wildman–Crippen LogP) is 3.92. The molecule has 1 aromatic rings. The second kappa shape index (κ2) is 8.27. The van der Waals surface area contributed by atoms with Gasteiger partial charge in [-0.05, 0) is 30.5 Å². The Balaban J connectivity index is 2.21. The quantitative estimate of drug-likeness (QED) is 0.781. The van der Waals surface area contributed by atoms with Gasteiger partial charge in [-0.1, -0.05) is 19.9 Å².